The highest BCUT2D eigenvalue weighted by Gasteiger charge is 2.38. The lowest BCUT2D eigenvalue weighted by atomic mass is 9.76. The summed E-state index contributed by atoms with van der Waals surface area (Å²) in [6.07, 6.45) is 5.17. The predicted octanol–water partition coefficient (Wildman–Crippen LogP) is 5.10. The molecule has 1 atom stereocenters. The zero-order valence-corrected chi connectivity index (χ0v) is 12.7. The summed E-state index contributed by atoms with van der Waals surface area (Å²) in [6.45, 7) is 0. The Kier molecular flexibility index (Phi) is 4.82. The minimum absolute atomic E-state index is 0.0165. The van der Waals surface area contributed by atoms with Crippen molar-refractivity contribution in [3.8, 4) is 0 Å². The van der Waals surface area contributed by atoms with Gasteiger partial charge in [0, 0.05) is 12.5 Å². The molecule has 4 heteroatoms. The molecule has 2 rings (SSSR count). The summed E-state index contributed by atoms with van der Waals surface area (Å²) in [5, 5.41) is 1.24. The second-order valence-electron chi connectivity index (χ2n) is 4.99. The van der Waals surface area contributed by atoms with Crippen LogP contribution in [0.2, 0.25) is 10.0 Å². The summed E-state index contributed by atoms with van der Waals surface area (Å²) in [5.74, 6) is 0. The maximum absolute atomic E-state index is 6.43. The van der Waals surface area contributed by atoms with Gasteiger partial charge in [-0.05, 0) is 49.8 Å². The zero-order valence-electron chi connectivity index (χ0n) is 10.4. The summed E-state index contributed by atoms with van der Waals surface area (Å²) in [6, 6.07) is 5.68. The van der Waals surface area contributed by atoms with Gasteiger partial charge in [0.1, 0.15) is 0 Å². The molecule has 1 aromatic carbocycles. The van der Waals surface area contributed by atoms with Crippen LogP contribution in [0.5, 0.6) is 0 Å². The van der Waals surface area contributed by atoms with E-state index in [-0.39, 0.29) is 11.0 Å². The molecule has 1 aliphatic rings. The summed E-state index contributed by atoms with van der Waals surface area (Å²) in [4.78, 5) is 0. The Hall–Kier alpha value is 0.0500. The van der Waals surface area contributed by atoms with Gasteiger partial charge in [0.2, 0.25) is 0 Å². The monoisotopic (exact) mass is 306 g/mol. The Morgan fingerprint density at radius 3 is 2.50 bits per heavy atom. The average molecular weight is 308 g/mol. The molecule has 0 aromatic heterocycles. The molecule has 0 aliphatic heterocycles. The van der Waals surface area contributed by atoms with E-state index < -0.39 is 0 Å². The molecule has 1 fully saturated rings. The second kappa shape index (κ2) is 6.00. The van der Waals surface area contributed by atoms with Crippen molar-refractivity contribution in [3.63, 3.8) is 0 Å². The highest BCUT2D eigenvalue weighted by Crippen LogP contribution is 2.40. The van der Waals surface area contributed by atoms with Gasteiger partial charge in [0.25, 0.3) is 0 Å². The van der Waals surface area contributed by atoms with Crippen molar-refractivity contribution in [2.24, 2.45) is 0 Å². The lowest BCUT2D eigenvalue weighted by Crippen LogP contribution is -2.41. The molecule has 0 saturated heterocycles. The van der Waals surface area contributed by atoms with Crippen LogP contribution < -0.4 is 0 Å². The van der Waals surface area contributed by atoms with E-state index in [0.29, 0.717) is 10.0 Å². The topological polar surface area (TPSA) is 9.23 Å². The van der Waals surface area contributed by atoms with Crippen molar-refractivity contribution in [1.29, 1.82) is 0 Å². The van der Waals surface area contributed by atoms with Gasteiger partial charge >= 0.3 is 0 Å². The molecular formula is C14H17Cl3O. The third-order valence-corrected chi connectivity index (χ3v) is 4.78. The van der Waals surface area contributed by atoms with Crippen molar-refractivity contribution in [2.75, 3.05) is 7.11 Å². The highest BCUT2D eigenvalue weighted by atomic mass is 35.5. The van der Waals surface area contributed by atoms with E-state index in [0.717, 1.165) is 31.2 Å². The smallest absolute Gasteiger partial charge is 0.0693 e. The van der Waals surface area contributed by atoms with Gasteiger partial charge < -0.3 is 4.74 Å². The zero-order chi connectivity index (χ0) is 13.2. The van der Waals surface area contributed by atoms with Gasteiger partial charge in [0.05, 0.1) is 15.6 Å². The summed E-state index contributed by atoms with van der Waals surface area (Å²) >= 11 is 18.3. The van der Waals surface area contributed by atoms with E-state index in [1.54, 1.807) is 7.11 Å². The summed E-state index contributed by atoms with van der Waals surface area (Å²) < 4.78 is 5.59. The van der Waals surface area contributed by atoms with E-state index >= 15 is 0 Å². The molecule has 1 aromatic rings. The lowest BCUT2D eigenvalue weighted by molar-refractivity contribution is -0.0777. The van der Waals surface area contributed by atoms with Crippen LogP contribution >= 0.6 is 34.8 Å². The first-order chi connectivity index (χ1) is 8.54. The van der Waals surface area contributed by atoms with E-state index in [1.165, 1.54) is 6.42 Å². The molecule has 1 unspecified atom stereocenters. The molecule has 0 spiro atoms. The van der Waals surface area contributed by atoms with Crippen molar-refractivity contribution in [3.05, 3.63) is 33.8 Å². The fraction of sp³-hybridized carbons (Fsp3) is 0.571. The minimum atomic E-state index is 0.0165. The standard InChI is InChI=1S/C14H17Cl3O/c1-18-14(5-2-6-14)9-11(15)7-10-3-4-12(16)13(17)8-10/h3-4,8,11H,2,5-7,9H2,1H3. The fourth-order valence-corrected chi connectivity index (χ4v) is 3.24. The Balaban J connectivity index is 1.94. The molecule has 100 valence electrons. The molecule has 1 aliphatic carbocycles. The first-order valence-corrected chi connectivity index (χ1v) is 7.37. The first kappa shape index (κ1) is 14.5. The molecule has 0 amide bonds. The Morgan fingerprint density at radius 2 is 2.00 bits per heavy atom. The third-order valence-electron chi connectivity index (χ3n) is 3.73. The van der Waals surface area contributed by atoms with Gasteiger partial charge in [0.15, 0.2) is 0 Å². The minimum Gasteiger partial charge on any atom is -0.378 e. The number of alkyl halides is 1. The maximum atomic E-state index is 6.43. The van der Waals surface area contributed by atoms with Crippen molar-refractivity contribution < 1.29 is 4.74 Å². The number of benzene rings is 1. The van der Waals surface area contributed by atoms with Gasteiger partial charge in [-0.3, -0.25) is 0 Å². The largest absolute Gasteiger partial charge is 0.378 e. The fourth-order valence-electron chi connectivity index (χ4n) is 2.46. The quantitative estimate of drug-likeness (QED) is 0.687. The molecule has 0 bridgehead atoms. The van der Waals surface area contributed by atoms with Crippen LogP contribution in [0.1, 0.15) is 31.2 Å². The van der Waals surface area contributed by atoms with Crippen LogP contribution in [0.25, 0.3) is 0 Å². The van der Waals surface area contributed by atoms with Crippen LogP contribution in [-0.2, 0) is 11.2 Å². The van der Waals surface area contributed by atoms with Crippen molar-refractivity contribution >= 4 is 34.8 Å². The van der Waals surface area contributed by atoms with Crippen molar-refractivity contribution in [2.45, 2.75) is 43.1 Å². The van der Waals surface area contributed by atoms with Crippen LogP contribution in [-0.4, -0.2) is 18.1 Å². The van der Waals surface area contributed by atoms with E-state index in [2.05, 4.69) is 0 Å². The third kappa shape index (κ3) is 3.33. The number of halogens is 3. The normalized spacial score (nSPS) is 19.3. The van der Waals surface area contributed by atoms with Gasteiger partial charge in [-0.15, -0.1) is 11.6 Å². The molecular weight excluding hydrogens is 291 g/mol. The van der Waals surface area contributed by atoms with E-state index in [1.807, 2.05) is 18.2 Å². The molecule has 1 saturated carbocycles. The number of hydrogen-bond donors (Lipinski definition) is 0. The maximum Gasteiger partial charge on any atom is 0.0693 e. The van der Waals surface area contributed by atoms with E-state index in [9.17, 15) is 0 Å². The number of ether oxygens (including phenoxy) is 1. The summed E-state index contributed by atoms with van der Waals surface area (Å²) in [7, 11) is 1.78. The molecule has 18 heavy (non-hydrogen) atoms. The van der Waals surface area contributed by atoms with Crippen LogP contribution in [0.4, 0.5) is 0 Å². The Bertz CT molecular complexity index is 410. The first-order valence-electron chi connectivity index (χ1n) is 6.18. The Morgan fingerprint density at radius 1 is 1.28 bits per heavy atom. The molecule has 1 nitrogen and oxygen atoms in total. The van der Waals surface area contributed by atoms with Crippen molar-refractivity contribution in [1.82, 2.24) is 0 Å². The van der Waals surface area contributed by atoms with Gasteiger partial charge in [-0.1, -0.05) is 29.3 Å². The molecule has 0 N–H and O–H groups in total. The number of methoxy groups -OCH3 is 1. The van der Waals surface area contributed by atoms with Gasteiger partial charge in [-0.2, -0.15) is 0 Å². The van der Waals surface area contributed by atoms with Crippen LogP contribution in [0.3, 0.4) is 0 Å². The summed E-state index contributed by atoms with van der Waals surface area (Å²) in [5.41, 5.74) is 1.14. The number of rotatable bonds is 5. The average Bonchev–Trinajstić information content (AvgIpc) is 2.29. The van der Waals surface area contributed by atoms with Crippen LogP contribution in [0, 0.1) is 0 Å². The van der Waals surface area contributed by atoms with Gasteiger partial charge in [-0.25, -0.2) is 0 Å². The Labute approximate surface area is 123 Å². The van der Waals surface area contributed by atoms with E-state index in [4.69, 9.17) is 39.5 Å². The number of hydrogen-bond acceptors (Lipinski definition) is 1. The predicted molar refractivity (Wildman–Crippen MR) is 78.0 cm³/mol. The lowest BCUT2D eigenvalue weighted by Gasteiger charge is -2.41. The second-order valence-corrected chi connectivity index (χ2v) is 6.43. The van der Waals surface area contributed by atoms with Crippen LogP contribution in [0.15, 0.2) is 18.2 Å². The SMILES string of the molecule is COC1(CC(Cl)Cc2ccc(Cl)c(Cl)c2)CCC1. The molecule has 0 heterocycles. The highest BCUT2D eigenvalue weighted by molar-refractivity contribution is 6.42. The molecule has 0 radical (unpaired) electrons.